The summed E-state index contributed by atoms with van der Waals surface area (Å²) in [5, 5.41) is 25.4. The number of hydrogen-bond acceptors (Lipinski definition) is 7. The van der Waals surface area contributed by atoms with E-state index in [0.717, 1.165) is 13.0 Å². The van der Waals surface area contributed by atoms with Crippen molar-refractivity contribution < 1.29 is 34.1 Å². The Morgan fingerprint density at radius 1 is 1.35 bits per heavy atom. The Labute approximate surface area is 181 Å². The molecule has 0 saturated carbocycles. The van der Waals surface area contributed by atoms with Crippen molar-refractivity contribution in [1.29, 1.82) is 0 Å². The van der Waals surface area contributed by atoms with Gasteiger partial charge in [0.25, 0.3) is 11.6 Å². The van der Waals surface area contributed by atoms with E-state index in [1.165, 1.54) is 19.5 Å². The van der Waals surface area contributed by atoms with E-state index in [2.05, 4.69) is 27.7 Å². The van der Waals surface area contributed by atoms with E-state index in [0.29, 0.717) is 23.6 Å². The number of aliphatic hydroxyl groups is 1. The molecule has 0 aromatic heterocycles. The highest BCUT2D eigenvalue weighted by Gasteiger charge is 2.39. The van der Waals surface area contributed by atoms with Crippen molar-refractivity contribution in [3.63, 3.8) is 0 Å². The Morgan fingerprint density at radius 2 is 1.97 bits per heavy atom. The summed E-state index contributed by atoms with van der Waals surface area (Å²) in [4.78, 5) is 25.6. The maximum Gasteiger partial charge on any atom is 0.423 e. The topological polar surface area (TPSA) is 114 Å². The highest BCUT2D eigenvalue weighted by atomic mass is 32.1. The molecule has 2 rings (SSSR count). The molecule has 0 fully saturated rings. The minimum atomic E-state index is -5.01. The lowest BCUT2D eigenvalue weighted by molar-refractivity contribution is -0.388. The average Bonchev–Trinajstić information content (AvgIpc) is 2.74. The summed E-state index contributed by atoms with van der Waals surface area (Å²) in [5.41, 5.74) is -4.66. The predicted molar refractivity (Wildman–Crippen MR) is 111 cm³/mol. The lowest BCUT2D eigenvalue weighted by Gasteiger charge is -2.23. The van der Waals surface area contributed by atoms with Gasteiger partial charge in [-0.3, -0.25) is 14.9 Å². The van der Waals surface area contributed by atoms with Gasteiger partial charge in [0.1, 0.15) is 17.9 Å². The number of nitrogens with zero attached hydrogens (tertiary/aromatic N) is 2. The Hall–Kier alpha value is -3.34. The van der Waals surface area contributed by atoms with E-state index >= 15 is 0 Å². The lowest BCUT2D eigenvalue weighted by atomic mass is 10.1. The number of alkyl halides is 3. The molecule has 0 aliphatic carbocycles. The second-order valence-corrected chi connectivity index (χ2v) is 6.38. The number of isothiocyanates is 1. The van der Waals surface area contributed by atoms with E-state index in [1.54, 1.807) is 12.1 Å². The smallest absolute Gasteiger partial charge is 0.423 e. The number of nitro benzene ring substituents is 1. The molecule has 0 aliphatic rings. The van der Waals surface area contributed by atoms with Gasteiger partial charge in [-0.1, -0.05) is 7.40 Å². The minimum absolute atomic E-state index is 0.293. The molecule has 0 aliphatic heterocycles. The monoisotopic (exact) mass is 459 g/mol. The van der Waals surface area contributed by atoms with Gasteiger partial charge >= 0.3 is 6.18 Å². The Bertz CT molecular complexity index is 1010. The summed E-state index contributed by atoms with van der Waals surface area (Å²) in [6, 6.07) is 8.09. The molecule has 12 heteroatoms. The van der Waals surface area contributed by atoms with Crippen LogP contribution in [0, 0.1) is 10.1 Å². The minimum Gasteiger partial charge on any atom is -0.490 e. The number of nitro groups is 1. The second-order valence-electron chi connectivity index (χ2n) is 6.20. The number of thiocarbonyl (C=S) groups is 1. The van der Waals surface area contributed by atoms with Crippen LogP contribution in [0.25, 0.3) is 0 Å². The van der Waals surface area contributed by atoms with Gasteiger partial charge in [-0.25, -0.2) is 0 Å². The average molecular weight is 459 g/mol. The van der Waals surface area contributed by atoms with Crippen LogP contribution in [0.3, 0.4) is 0 Å². The number of amides is 1. The summed E-state index contributed by atoms with van der Waals surface area (Å²) >= 11 is 4.48. The molecule has 0 unspecified atom stereocenters. The third-order valence-corrected chi connectivity index (χ3v) is 3.87. The van der Waals surface area contributed by atoms with Crippen LogP contribution in [0.1, 0.15) is 21.3 Å². The normalized spacial score (nSPS) is 12.8. The zero-order chi connectivity index (χ0) is 24.5. The molecule has 8 nitrogen and oxygen atoms in total. The van der Waals surface area contributed by atoms with Crippen LogP contribution in [-0.2, 0) is 11.0 Å². The first kappa shape index (κ1) is 23.9. The Kier molecular flexibility index (Phi) is 7.81. The number of carbonyl (C=O) groups is 1. The molecule has 0 saturated heterocycles. The summed E-state index contributed by atoms with van der Waals surface area (Å²) in [5.74, 6) is -0.771. The van der Waals surface area contributed by atoms with Crippen molar-refractivity contribution in [1.82, 2.24) is 0 Å². The van der Waals surface area contributed by atoms with Crippen molar-refractivity contribution in [2.24, 2.45) is 4.99 Å². The molecule has 2 aromatic rings. The maximum absolute atomic E-state index is 13.0. The molecular weight excluding hydrogens is 439 g/mol. The fourth-order valence-corrected chi connectivity index (χ4v) is 2.33. The molecule has 0 radical (unpaired) electrons. The van der Waals surface area contributed by atoms with Gasteiger partial charge in [0.05, 0.1) is 15.8 Å². The second kappa shape index (κ2) is 10.1. The van der Waals surface area contributed by atoms with Crippen LogP contribution in [-0.4, -0.2) is 33.3 Å². The van der Waals surface area contributed by atoms with Gasteiger partial charge in [0.15, 0.2) is 5.60 Å². The van der Waals surface area contributed by atoms with Gasteiger partial charge in [-0.15, -0.1) is 0 Å². The molecule has 166 valence electrons. The number of halogens is 3. The first-order valence-electron chi connectivity index (χ1n) is 9.14. The molecule has 31 heavy (non-hydrogen) atoms. The maximum atomic E-state index is 13.0. The SMILES string of the molecule is C[C@](O)(COc1ccc(N=C=S)cc1)C(=O)Nc1ccc([N+](=O)[O-])c(C(F)(F)F)c1.[3H]C. The van der Waals surface area contributed by atoms with Crippen molar-refractivity contribution in [3.8, 4) is 5.75 Å². The molecule has 0 heterocycles. The van der Waals surface area contributed by atoms with Gasteiger partial charge in [0, 0.05) is 13.1 Å². The third kappa shape index (κ3) is 6.85. The summed E-state index contributed by atoms with van der Waals surface area (Å²) in [7, 11) is 1.25. The largest absolute Gasteiger partial charge is 0.490 e. The van der Waals surface area contributed by atoms with Crippen LogP contribution in [0.4, 0.5) is 30.2 Å². The number of benzene rings is 2. The van der Waals surface area contributed by atoms with Crippen LogP contribution in [0.2, 0.25) is 0 Å². The molecule has 1 atom stereocenters. The van der Waals surface area contributed by atoms with Crippen molar-refractivity contribution >= 4 is 40.3 Å². The number of aliphatic imine (C=N–C) groups is 1. The van der Waals surface area contributed by atoms with Gasteiger partial charge in [0.2, 0.25) is 0 Å². The number of rotatable bonds is 7. The van der Waals surface area contributed by atoms with Crippen LogP contribution in [0.15, 0.2) is 47.5 Å². The predicted octanol–water partition coefficient (Wildman–Crippen LogP) is 4.75. The quantitative estimate of drug-likeness (QED) is 0.267. The lowest BCUT2D eigenvalue weighted by Crippen LogP contribution is -2.45. The van der Waals surface area contributed by atoms with E-state index in [4.69, 9.17) is 6.11 Å². The first-order valence-corrected chi connectivity index (χ1v) is 8.55. The number of nitrogens with one attached hydrogen (secondary N) is 1. The number of carbonyl (C=O) groups excluding carboxylic acids is 1. The fraction of sp³-hybridized carbons (Fsp3) is 0.263. The summed E-state index contributed by atoms with van der Waals surface area (Å²) in [6.45, 7) is 0.580. The van der Waals surface area contributed by atoms with Crippen molar-refractivity contribution in [3.05, 3.63) is 58.1 Å². The standard InChI is InChI=1S/C18H14F3N3O5S.CH4/c1-17(26,9-29-13-5-2-11(3-6-13)22-10-30)16(25)23-12-4-7-15(24(27)28)14(8-12)18(19,20)21;/h2-8,26H,9H2,1H3,(H,23,25);1H4/t17-;/m0./s1/i;1T. The van der Waals surface area contributed by atoms with E-state index in [1.807, 2.05) is 0 Å². The molecular formula is C19H18F3N3O5S. The first-order chi connectivity index (χ1) is 14.9. The zero-order valence-electron chi connectivity index (χ0n) is 17.3. The number of hydrogen-bond donors (Lipinski definition) is 2. The van der Waals surface area contributed by atoms with Gasteiger partial charge < -0.3 is 15.2 Å². The van der Waals surface area contributed by atoms with E-state index < -0.39 is 40.5 Å². The van der Waals surface area contributed by atoms with Gasteiger partial charge in [-0.05, 0) is 55.5 Å². The highest BCUT2D eigenvalue weighted by Crippen LogP contribution is 2.37. The number of ether oxygens (including phenoxy) is 1. The van der Waals surface area contributed by atoms with E-state index in [-0.39, 0.29) is 5.69 Å². The number of anilines is 1. The fourth-order valence-electron chi connectivity index (χ4n) is 2.22. The molecule has 0 spiro atoms. The van der Waals surface area contributed by atoms with Crippen LogP contribution >= 0.6 is 12.2 Å². The Balaban J connectivity index is 0.00000249. The highest BCUT2D eigenvalue weighted by molar-refractivity contribution is 7.78. The Morgan fingerprint density at radius 3 is 2.48 bits per heavy atom. The van der Waals surface area contributed by atoms with Crippen molar-refractivity contribution in [2.75, 3.05) is 11.9 Å². The third-order valence-electron chi connectivity index (χ3n) is 3.78. The summed E-state index contributed by atoms with van der Waals surface area (Å²) < 4.78 is 50.2. The van der Waals surface area contributed by atoms with Crippen molar-refractivity contribution in [2.45, 2.75) is 26.1 Å². The van der Waals surface area contributed by atoms with Gasteiger partial charge in [-0.2, -0.15) is 18.2 Å². The molecule has 0 bridgehead atoms. The van der Waals surface area contributed by atoms with Crippen LogP contribution in [0.5, 0.6) is 5.75 Å². The molecule has 2 N–H and O–H groups in total. The summed E-state index contributed by atoms with van der Waals surface area (Å²) in [6.07, 6.45) is -5.01. The molecule has 1 amide bonds. The van der Waals surface area contributed by atoms with E-state index in [9.17, 15) is 33.2 Å². The zero-order valence-corrected chi connectivity index (χ0v) is 17.1. The molecule has 2 aromatic carbocycles. The van der Waals surface area contributed by atoms with Crippen LogP contribution < -0.4 is 10.1 Å².